The van der Waals surface area contributed by atoms with Gasteiger partial charge in [-0.15, -0.1) is 0 Å². The minimum Gasteiger partial charge on any atom is -0.437 e. The Morgan fingerprint density at radius 2 is 1.71 bits per heavy atom. The van der Waals surface area contributed by atoms with Crippen LogP contribution in [0.3, 0.4) is 0 Å². The number of unbranched alkanes of at least 4 members (excludes halogenated alkanes) is 3. The van der Waals surface area contributed by atoms with Gasteiger partial charge in [0.1, 0.15) is 17.5 Å². The second kappa shape index (κ2) is 14.9. The van der Waals surface area contributed by atoms with Gasteiger partial charge in [-0.1, -0.05) is 25.0 Å². The molecule has 0 bridgehead atoms. The van der Waals surface area contributed by atoms with E-state index < -0.39 is 18.7 Å². The quantitative estimate of drug-likeness (QED) is 0.172. The maximum atomic E-state index is 13.6. The van der Waals surface area contributed by atoms with Gasteiger partial charge in [0.25, 0.3) is 0 Å². The predicted molar refractivity (Wildman–Crippen MR) is 161 cm³/mol. The zero-order chi connectivity index (χ0) is 29.2. The van der Waals surface area contributed by atoms with E-state index in [9.17, 15) is 13.8 Å². The molecule has 1 aliphatic rings. The molecule has 10 nitrogen and oxygen atoms in total. The van der Waals surface area contributed by atoms with Crippen molar-refractivity contribution in [1.82, 2.24) is 29.9 Å². The van der Waals surface area contributed by atoms with Crippen molar-refractivity contribution in [2.45, 2.75) is 39.4 Å². The molecule has 4 rings (SSSR count). The highest BCUT2D eigenvalue weighted by Gasteiger charge is 2.18. The summed E-state index contributed by atoms with van der Waals surface area (Å²) in [7, 11) is -0.462. The van der Waals surface area contributed by atoms with Gasteiger partial charge in [-0.3, -0.25) is 4.90 Å². The number of nitrogens with one attached hydrogen (secondary N) is 2. The zero-order valence-electron chi connectivity index (χ0n) is 23.9. The summed E-state index contributed by atoms with van der Waals surface area (Å²) in [4.78, 5) is 13.0. The Morgan fingerprint density at radius 1 is 1.00 bits per heavy atom. The van der Waals surface area contributed by atoms with E-state index >= 15 is 0 Å². The van der Waals surface area contributed by atoms with Crippen molar-refractivity contribution in [3.05, 3.63) is 59.4 Å². The van der Waals surface area contributed by atoms with E-state index in [2.05, 4.69) is 36.6 Å². The van der Waals surface area contributed by atoms with Crippen LogP contribution in [0, 0.1) is 18.6 Å². The second-order valence-electron chi connectivity index (χ2n) is 10.4. The van der Waals surface area contributed by atoms with E-state index in [1.807, 2.05) is 24.0 Å². The molecule has 0 aliphatic carbocycles. The van der Waals surface area contributed by atoms with Gasteiger partial charge < -0.3 is 26.2 Å². The SMILES string of the molecule is CB(O)NCCCCCCNc1cc(-n2ncc(/C=C/CN3CCN(c4cc(F)cc(F)c4)CC3)c2C)nc(N)n1. The second-order valence-corrected chi connectivity index (χ2v) is 10.4. The van der Waals surface area contributed by atoms with E-state index in [1.165, 1.54) is 12.1 Å². The Kier molecular flexibility index (Phi) is 11.1. The number of nitrogens with zero attached hydrogens (tertiary/aromatic N) is 6. The highest BCUT2D eigenvalue weighted by molar-refractivity contribution is 6.45. The minimum absolute atomic E-state index is 0.182. The summed E-state index contributed by atoms with van der Waals surface area (Å²) >= 11 is 0. The zero-order valence-corrected chi connectivity index (χ0v) is 23.9. The van der Waals surface area contributed by atoms with E-state index in [-0.39, 0.29) is 5.95 Å². The van der Waals surface area contributed by atoms with E-state index in [4.69, 9.17) is 5.73 Å². The van der Waals surface area contributed by atoms with Crippen LogP contribution in [0.1, 0.15) is 36.9 Å². The third-order valence-corrected chi connectivity index (χ3v) is 7.09. The summed E-state index contributed by atoms with van der Waals surface area (Å²) in [5, 5.41) is 20.1. The van der Waals surface area contributed by atoms with E-state index in [1.54, 1.807) is 17.7 Å². The molecule has 1 aliphatic heterocycles. The summed E-state index contributed by atoms with van der Waals surface area (Å²) in [5.74, 6) is 0.342. The lowest BCUT2D eigenvalue weighted by Crippen LogP contribution is -2.46. The maximum Gasteiger partial charge on any atom is 0.373 e. The first-order chi connectivity index (χ1) is 19.8. The number of anilines is 3. The third kappa shape index (κ3) is 9.24. The number of piperazine rings is 1. The van der Waals surface area contributed by atoms with E-state index in [0.717, 1.165) is 75.7 Å². The topological polar surface area (TPSA) is 120 Å². The first kappa shape index (κ1) is 30.4. The molecule has 1 fully saturated rings. The molecule has 0 spiro atoms. The smallest absolute Gasteiger partial charge is 0.373 e. The summed E-state index contributed by atoms with van der Waals surface area (Å²) in [5.41, 5.74) is 8.50. The molecular weight excluding hydrogens is 527 g/mol. The average molecular weight is 567 g/mol. The van der Waals surface area contributed by atoms with Crippen LogP contribution in [0.4, 0.5) is 26.2 Å². The molecule has 0 amide bonds. The van der Waals surface area contributed by atoms with Crippen LogP contribution < -0.4 is 21.2 Å². The van der Waals surface area contributed by atoms with Crippen LogP contribution in [0.25, 0.3) is 11.9 Å². The van der Waals surface area contributed by atoms with Crippen molar-refractivity contribution >= 4 is 30.6 Å². The van der Waals surface area contributed by atoms with Gasteiger partial charge in [0, 0.05) is 62.7 Å². The monoisotopic (exact) mass is 567 g/mol. The van der Waals surface area contributed by atoms with E-state index in [0.29, 0.717) is 30.4 Å². The van der Waals surface area contributed by atoms with Crippen molar-refractivity contribution in [3.63, 3.8) is 0 Å². The predicted octanol–water partition coefficient (Wildman–Crippen LogP) is 3.34. The Bertz CT molecular complexity index is 1280. The number of nitrogen functional groups attached to an aromatic ring is 1. The van der Waals surface area contributed by atoms with Gasteiger partial charge >= 0.3 is 7.05 Å². The molecule has 3 aromatic rings. The normalized spacial score (nSPS) is 14.2. The van der Waals surface area contributed by atoms with Crippen molar-refractivity contribution in [2.24, 2.45) is 0 Å². The van der Waals surface area contributed by atoms with Crippen molar-refractivity contribution in [2.75, 3.05) is 61.8 Å². The molecule has 220 valence electrons. The molecule has 1 saturated heterocycles. The third-order valence-electron chi connectivity index (χ3n) is 7.09. The fourth-order valence-corrected chi connectivity index (χ4v) is 4.84. The lowest BCUT2D eigenvalue weighted by molar-refractivity contribution is 0.284. The number of benzene rings is 1. The van der Waals surface area contributed by atoms with Crippen molar-refractivity contribution in [1.29, 1.82) is 0 Å². The summed E-state index contributed by atoms with van der Waals surface area (Å²) in [6.07, 6.45) is 10.2. The average Bonchev–Trinajstić information content (AvgIpc) is 3.29. The number of rotatable bonds is 14. The highest BCUT2D eigenvalue weighted by Crippen LogP contribution is 2.20. The molecule has 1 aromatic carbocycles. The summed E-state index contributed by atoms with van der Waals surface area (Å²) in [6, 6.07) is 5.51. The highest BCUT2D eigenvalue weighted by atomic mass is 19.1. The number of nitrogens with two attached hydrogens (primary N) is 1. The summed E-state index contributed by atoms with van der Waals surface area (Å²) < 4.78 is 28.9. The Labute approximate surface area is 240 Å². The first-order valence-corrected chi connectivity index (χ1v) is 14.2. The lowest BCUT2D eigenvalue weighted by Gasteiger charge is -2.35. The van der Waals surface area contributed by atoms with Gasteiger partial charge in [-0.25, -0.2) is 13.5 Å². The van der Waals surface area contributed by atoms with Gasteiger partial charge in [0.2, 0.25) is 5.95 Å². The number of aromatic nitrogens is 4. The fraction of sp³-hybridized carbons (Fsp3) is 0.464. The Balaban J connectivity index is 1.25. The standard InChI is InChI=1S/C28H40BF2N9O/c1-21-22(8-7-11-38-12-14-39(15-13-38)25-17-23(30)16-24(31)18-25)20-35-40(21)27-19-26(36-28(32)37-27)33-9-5-3-4-6-10-34-29(2)41/h7-8,16-20,34,41H,3-6,9-15H2,1-2H3,(H3,32,33,36,37)/b8-7+. The van der Waals surface area contributed by atoms with Gasteiger partial charge in [-0.05, 0) is 45.3 Å². The minimum atomic E-state index is -0.552. The molecule has 0 atom stereocenters. The first-order valence-electron chi connectivity index (χ1n) is 14.2. The molecule has 5 N–H and O–H groups in total. The molecule has 2 aromatic heterocycles. The fourth-order valence-electron chi connectivity index (χ4n) is 4.84. The molecule has 0 saturated carbocycles. The van der Waals surface area contributed by atoms with Crippen LogP contribution in [0.15, 0.2) is 36.5 Å². The number of halogens is 2. The van der Waals surface area contributed by atoms with Gasteiger partial charge in [0.15, 0.2) is 5.82 Å². The molecule has 13 heteroatoms. The molecule has 0 unspecified atom stereocenters. The van der Waals surface area contributed by atoms with Crippen LogP contribution in [0.2, 0.25) is 6.82 Å². The van der Waals surface area contributed by atoms with Crippen LogP contribution >= 0.6 is 0 Å². The van der Waals surface area contributed by atoms with Crippen LogP contribution in [-0.2, 0) is 0 Å². The Morgan fingerprint density at radius 3 is 2.41 bits per heavy atom. The molecule has 41 heavy (non-hydrogen) atoms. The van der Waals surface area contributed by atoms with Gasteiger partial charge in [0.05, 0.1) is 11.9 Å². The number of hydrogen-bond donors (Lipinski definition) is 4. The molecular formula is C28H40BF2N9O. The Hall–Kier alpha value is -3.55. The number of hydrogen-bond acceptors (Lipinski definition) is 9. The summed E-state index contributed by atoms with van der Waals surface area (Å²) in [6.45, 7) is 9.09. The molecule has 3 heterocycles. The van der Waals surface area contributed by atoms with Crippen LogP contribution in [0.5, 0.6) is 0 Å². The lowest BCUT2D eigenvalue weighted by atomic mass is 9.89. The van der Waals surface area contributed by atoms with Crippen LogP contribution in [-0.4, -0.2) is 82.5 Å². The molecule has 0 radical (unpaired) electrons. The van der Waals surface area contributed by atoms with Gasteiger partial charge in [-0.2, -0.15) is 15.1 Å². The van der Waals surface area contributed by atoms with Crippen molar-refractivity contribution < 1.29 is 13.8 Å². The largest absolute Gasteiger partial charge is 0.437 e. The maximum absolute atomic E-state index is 13.6. The van der Waals surface area contributed by atoms with Crippen molar-refractivity contribution in [3.8, 4) is 5.82 Å².